The summed E-state index contributed by atoms with van der Waals surface area (Å²) < 4.78 is 18.8. The highest BCUT2D eigenvalue weighted by Crippen LogP contribution is 2.40. The zero-order valence-corrected chi connectivity index (χ0v) is 12.1. The van der Waals surface area contributed by atoms with Gasteiger partial charge in [-0.1, -0.05) is 25.8 Å². The number of benzene rings is 1. The van der Waals surface area contributed by atoms with Gasteiger partial charge < -0.3 is 10.1 Å². The van der Waals surface area contributed by atoms with Crippen molar-refractivity contribution in [2.45, 2.75) is 38.6 Å². The van der Waals surface area contributed by atoms with Crippen LogP contribution in [0.3, 0.4) is 0 Å². The van der Waals surface area contributed by atoms with E-state index in [4.69, 9.17) is 4.74 Å². The third-order valence-corrected chi connectivity index (χ3v) is 4.48. The molecule has 3 atom stereocenters. The molecule has 106 valence electrons. The van der Waals surface area contributed by atoms with Crippen molar-refractivity contribution in [3.8, 4) is 5.75 Å². The molecular formula is C16H24FNO. The Morgan fingerprint density at radius 2 is 2.21 bits per heavy atom. The minimum atomic E-state index is -0.273. The molecule has 1 aliphatic carbocycles. The molecule has 1 fully saturated rings. The Hall–Kier alpha value is -1.09. The summed E-state index contributed by atoms with van der Waals surface area (Å²) in [5, 5.41) is 3.36. The van der Waals surface area contributed by atoms with E-state index in [0.29, 0.717) is 11.7 Å². The van der Waals surface area contributed by atoms with Crippen LogP contribution in [0.2, 0.25) is 0 Å². The van der Waals surface area contributed by atoms with Crippen molar-refractivity contribution in [2.24, 2.45) is 11.8 Å². The molecule has 1 aliphatic rings. The van der Waals surface area contributed by atoms with Gasteiger partial charge in [-0.3, -0.25) is 0 Å². The van der Waals surface area contributed by atoms with Crippen LogP contribution in [0.1, 0.15) is 44.2 Å². The predicted molar refractivity (Wildman–Crippen MR) is 75.9 cm³/mol. The number of methoxy groups -OCH3 is 1. The standard InChI is InChI=1S/C16H24FNO/c1-4-11-5-6-12(9-11)16(18-2)13-7-8-15(19-3)14(17)10-13/h7-8,10-12,16,18H,4-6,9H2,1-3H3. The van der Waals surface area contributed by atoms with Crippen molar-refractivity contribution in [3.05, 3.63) is 29.6 Å². The van der Waals surface area contributed by atoms with E-state index in [2.05, 4.69) is 12.2 Å². The van der Waals surface area contributed by atoms with E-state index in [1.807, 2.05) is 13.1 Å². The van der Waals surface area contributed by atoms with Gasteiger partial charge in [0.15, 0.2) is 11.6 Å². The molecule has 0 bridgehead atoms. The number of rotatable bonds is 5. The Morgan fingerprint density at radius 1 is 1.42 bits per heavy atom. The zero-order valence-electron chi connectivity index (χ0n) is 12.1. The molecule has 19 heavy (non-hydrogen) atoms. The molecule has 0 amide bonds. The Balaban J connectivity index is 2.15. The van der Waals surface area contributed by atoms with Crippen LogP contribution < -0.4 is 10.1 Å². The average molecular weight is 265 g/mol. The molecule has 0 aromatic heterocycles. The third kappa shape index (κ3) is 3.08. The second kappa shape index (κ2) is 6.38. The van der Waals surface area contributed by atoms with Crippen LogP contribution in [-0.2, 0) is 0 Å². The van der Waals surface area contributed by atoms with Gasteiger partial charge in [-0.2, -0.15) is 0 Å². The molecule has 0 heterocycles. The number of ether oxygens (including phenoxy) is 1. The van der Waals surface area contributed by atoms with Crippen LogP contribution in [0, 0.1) is 17.7 Å². The topological polar surface area (TPSA) is 21.3 Å². The molecule has 3 unspecified atom stereocenters. The minimum Gasteiger partial charge on any atom is -0.494 e. The number of nitrogens with one attached hydrogen (secondary N) is 1. The lowest BCUT2D eigenvalue weighted by Crippen LogP contribution is -2.24. The lowest BCUT2D eigenvalue weighted by molar-refractivity contribution is 0.365. The molecule has 1 saturated carbocycles. The molecule has 0 aliphatic heterocycles. The van der Waals surface area contributed by atoms with E-state index in [0.717, 1.165) is 11.5 Å². The van der Waals surface area contributed by atoms with Crippen LogP contribution >= 0.6 is 0 Å². The first-order valence-corrected chi connectivity index (χ1v) is 7.20. The lowest BCUT2D eigenvalue weighted by atomic mass is 9.90. The van der Waals surface area contributed by atoms with Gasteiger partial charge in [-0.05, 0) is 49.4 Å². The van der Waals surface area contributed by atoms with Crippen molar-refractivity contribution in [3.63, 3.8) is 0 Å². The molecule has 1 aromatic carbocycles. The maximum atomic E-state index is 13.8. The van der Waals surface area contributed by atoms with Gasteiger partial charge in [0.1, 0.15) is 0 Å². The first-order valence-electron chi connectivity index (χ1n) is 7.20. The summed E-state index contributed by atoms with van der Waals surface area (Å²) in [6.07, 6.45) is 5.04. The fourth-order valence-corrected chi connectivity index (χ4v) is 3.34. The van der Waals surface area contributed by atoms with E-state index in [9.17, 15) is 4.39 Å². The number of halogens is 1. The van der Waals surface area contributed by atoms with Crippen LogP contribution in [0.25, 0.3) is 0 Å². The largest absolute Gasteiger partial charge is 0.494 e. The van der Waals surface area contributed by atoms with Crippen molar-refractivity contribution in [1.29, 1.82) is 0 Å². The third-order valence-electron chi connectivity index (χ3n) is 4.48. The molecule has 0 saturated heterocycles. The Kier molecular flexibility index (Phi) is 4.81. The first-order chi connectivity index (χ1) is 9.19. The Morgan fingerprint density at radius 3 is 2.74 bits per heavy atom. The summed E-state index contributed by atoms with van der Waals surface area (Å²) >= 11 is 0. The maximum Gasteiger partial charge on any atom is 0.165 e. The normalized spacial score (nSPS) is 24.4. The highest BCUT2D eigenvalue weighted by molar-refractivity contribution is 5.31. The molecule has 2 nitrogen and oxygen atoms in total. The molecule has 0 spiro atoms. The smallest absolute Gasteiger partial charge is 0.165 e. The van der Waals surface area contributed by atoms with Gasteiger partial charge in [0, 0.05) is 6.04 Å². The molecular weight excluding hydrogens is 241 g/mol. The van der Waals surface area contributed by atoms with Crippen molar-refractivity contribution in [1.82, 2.24) is 5.32 Å². The molecule has 2 rings (SSSR count). The summed E-state index contributed by atoms with van der Waals surface area (Å²) in [7, 11) is 3.46. The highest BCUT2D eigenvalue weighted by atomic mass is 19.1. The summed E-state index contributed by atoms with van der Waals surface area (Å²) in [5.74, 6) is 1.49. The SMILES string of the molecule is CCC1CCC(C(NC)c2ccc(OC)c(F)c2)C1. The molecule has 1 N–H and O–H groups in total. The second-order valence-corrected chi connectivity index (χ2v) is 5.51. The van der Waals surface area contributed by atoms with Crippen molar-refractivity contribution in [2.75, 3.05) is 14.2 Å². The van der Waals surface area contributed by atoms with Crippen molar-refractivity contribution >= 4 is 0 Å². The second-order valence-electron chi connectivity index (χ2n) is 5.51. The average Bonchev–Trinajstić information content (AvgIpc) is 2.88. The van der Waals surface area contributed by atoms with E-state index in [1.165, 1.54) is 32.8 Å². The Bertz CT molecular complexity index is 421. The van der Waals surface area contributed by atoms with Crippen LogP contribution in [0.15, 0.2) is 18.2 Å². The summed E-state index contributed by atoms with van der Waals surface area (Å²) in [4.78, 5) is 0. The van der Waals surface area contributed by atoms with Crippen LogP contribution in [0.4, 0.5) is 4.39 Å². The number of hydrogen-bond acceptors (Lipinski definition) is 2. The first kappa shape index (κ1) is 14.3. The van der Waals surface area contributed by atoms with E-state index >= 15 is 0 Å². The highest BCUT2D eigenvalue weighted by Gasteiger charge is 2.30. The summed E-state index contributed by atoms with van der Waals surface area (Å²) in [5.41, 5.74) is 1.03. The van der Waals surface area contributed by atoms with Gasteiger partial charge >= 0.3 is 0 Å². The predicted octanol–water partition coefficient (Wildman–Crippen LogP) is 3.92. The zero-order chi connectivity index (χ0) is 13.8. The molecule has 3 heteroatoms. The summed E-state index contributed by atoms with van der Waals surface area (Å²) in [6.45, 7) is 2.26. The lowest BCUT2D eigenvalue weighted by Gasteiger charge is -2.24. The van der Waals surface area contributed by atoms with E-state index < -0.39 is 0 Å². The fourth-order valence-electron chi connectivity index (χ4n) is 3.34. The van der Waals surface area contributed by atoms with Crippen LogP contribution in [0.5, 0.6) is 5.75 Å². The number of hydrogen-bond donors (Lipinski definition) is 1. The monoisotopic (exact) mass is 265 g/mol. The molecule has 1 aromatic rings. The quantitative estimate of drug-likeness (QED) is 0.871. The Labute approximate surface area is 115 Å². The van der Waals surface area contributed by atoms with Crippen LogP contribution in [-0.4, -0.2) is 14.2 Å². The van der Waals surface area contributed by atoms with E-state index in [-0.39, 0.29) is 11.9 Å². The van der Waals surface area contributed by atoms with Crippen molar-refractivity contribution < 1.29 is 9.13 Å². The fraction of sp³-hybridized carbons (Fsp3) is 0.625. The van der Waals surface area contributed by atoms with Gasteiger partial charge in [0.25, 0.3) is 0 Å². The van der Waals surface area contributed by atoms with E-state index in [1.54, 1.807) is 12.1 Å². The van der Waals surface area contributed by atoms with Gasteiger partial charge in [0.05, 0.1) is 7.11 Å². The van der Waals surface area contributed by atoms with Gasteiger partial charge in [-0.15, -0.1) is 0 Å². The van der Waals surface area contributed by atoms with Gasteiger partial charge in [-0.25, -0.2) is 4.39 Å². The minimum absolute atomic E-state index is 0.247. The summed E-state index contributed by atoms with van der Waals surface area (Å²) in [6, 6.07) is 5.56. The maximum absolute atomic E-state index is 13.8. The molecule has 0 radical (unpaired) electrons. The van der Waals surface area contributed by atoms with Gasteiger partial charge in [0.2, 0.25) is 0 Å².